The van der Waals surface area contributed by atoms with E-state index in [-0.39, 0.29) is 6.61 Å². The molecule has 1 heterocycles. The average molecular weight is 284 g/mol. The minimum absolute atomic E-state index is 0.235. The van der Waals surface area contributed by atoms with Crippen LogP contribution in [0.1, 0.15) is 12.1 Å². The van der Waals surface area contributed by atoms with E-state index < -0.39 is 0 Å². The zero-order valence-electron chi connectivity index (χ0n) is 12.3. The third-order valence-corrected chi connectivity index (χ3v) is 3.78. The maximum atomic E-state index is 9.12. The van der Waals surface area contributed by atoms with E-state index in [1.165, 1.54) is 0 Å². The number of hydrogen-bond donors (Lipinski definition) is 2. The number of benzene rings is 1. The first-order chi connectivity index (χ1) is 10.2. The lowest BCUT2D eigenvalue weighted by Crippen LogP contribution is -2.16. The standard InChI is InChI=1S/C16H20N4O/c1-11-8-15(18-14-9-12(14)10-21)19-16(17-11)20(2)13-6-4-3-5-7-13/h3-8,12,14,21H,9-10H2,1-2H3,(H,17,18,19)/t12-,14+/m0/s1. The number of hydrogen-bond acceptors (Lipinski definition) is 5. The highest BCUT2D eigenvalue weighted by molar-refractivity contribution is 5.58. The number of aromatic nitrogens is 2. The van der Waals surface area contributed by atoms with Gasteiger partial charge in [-0.1, -0.05) is 18.2 Å². The predicted octanol–water partition coefficient (Wildman–Crippen LogP) is 2.35. The molecule has 2 N–H and O–H groups in total. The fourth-order valence-corrected chi connectivity index (χ4v) is 2.36. The van der Waals surface area contributed by atoms with Crippen molar-refractivity contribution in [2.75, 3.05) is 23.9 Å². The second-order valence-corrected chi connectivity index (χ2v) is 5.52. The van der Waals surface area contributed by atoms with Gasteiger partial charge in [0.25, 0.3) is 0 Å². The summed E-state index contributed by atoms with van der Waals surface area (Å²) in [5, 5.41) is 12.5. The maximum Gasteiger partial charge on any atom is 0.231 e. The van der Waals surface area contributed by atoms with Crippen LogP contribution in [0.25, 0.3) is 0 Å². The molecule has 3 rings (SSSR count). The van der Waals surface area contributed by atoms with Gasteiger partial charge < -0.3 is 15.3 Å². The van der Waals surface area contributed by atoms with E-state index in [4.69, 9.17) is 5.11 Å². The molecule has 0 amide bonds. The third-order valence-electron chi connectivity index (χ3n) is 3.78. The molecule has 5 nitrogen and oxygen atoms in total. The van der Waals surface area contributed by atoms with Gasteiger partial charge in [0.15, 0.2) is 0 Å². The highest BCUT2D eigenvalue weighted by Crippen LogP contribution is 2.33. The van der Waals surface area contributed by atoms with E-state index in [2.05, 4.69) is 15.3 Å². The first-order valence-corrected chi connectivity index (χ1v) is 7.19. The predicted molar refractivity (Wildman–Crippen MR) is 83.9 cm³/mol. The van der Waals surface area contributed by atoms with Gasteiger partial charge in [0.2, 0.25) is 5.95 Å². The molecule has 5 heteroatoms. The Morgan fingerprint density at radius 2 is 2.05 bits per heavy atom. The molecule has 1 aliphatic carbocycles. The van der Waals surface area contributed by atoms with Gasteiger partial charge in [-0.2, -0.15) is 4.98 Å². The van der Waals surface area contributed by atoms with Crippen LogP contribution in [0.2, 0.25) is 0 Å². The van der Waals surface area contributed by atoms with Crippen LogP contribution < -0.4 is 10.2 Å². The Labute approximate surface area is 124 Å². The van der Waals surface area contributed by atoms with E-state index in [0.29, 0.717) is 17.9 Å². The SMILES string of the molecule is Cc1cc(N[C@@H]2C[C@H]2CO)nc(N(C)c2ccccc2)n1. The highest BCUT2D eigenvalue weighted by Gasteiger charge is 2.36. The highest BCUT2D eigenvalue weighted by atomic mass is 16.3. The van der Waals surface area contributed by atoms with Crippen LogP contribution in [0.5, 0.6) is 0 Å². The lowest BCUT2D eigenvalue weighted by atomic mass is 10.3. The number of aliphatic hydroxyl groups excluding tert-OH is 1. The van der Waals surface area contributed by atoms with E-state index in [9.17, 15) is 0 Å². The van der Waals surface area contributed by atoms with Crippen LogP contribution in [-0.2, 0) is 0 Å². The van der Waals surface area contributed by atoms with Crippen molar-refractivity contribution in [2.24, 2.45) is 5.92 Å². The van der Waals surface area contributed by atoms with Crippen LogP contribution in [0.15, 0.2) is 36.4 Å². The summed E-state index contributed by atoms with van der Waals surface area (Å²) >= 11 is 0. The Bertz CT molecular complexity index is 617. The quantitative estimate of drug-likeness (QED) is 0.882. The van der Waals surface area contributed by atoms with Gasteiger partial charge in [-0.25, -0.2) is 4.98 Å². The molecule has 0 bridgehead atoms. The van der Waals surface area contributed by atoms with Gasteiger partial charge in [-0.15, -0.1) is 0 Å². The van der Waals surface area contributed by atoms with Crippen LogP contribution in [0.4, 0.5) is 17.5 Å². The van der Waals surface area contributed by atoms with E-state index in [0.717, 1.165) is 23.6 Å². The molecule has 110 valence electrons. The number of nitrogens with one attached hydrogen (secondary N) is 1. The first-order valence-electron chi connectivity index (χ1n) is 7.19. The van der Waals surface area contributed by atoms with Crippen molar-refractivity contribution >= 4 is 17.5 Å². The van der Waals surface area contributed by atoms with Crippen molar-refractivity contribution in [1.82, 2.24) is 9.97 Å². The summed E-state index contributed by atoms with van der Waals surface area (Å²) in [5.74, 6) is 1.85. The fourth-order valence-electron chi connectivity index (χ4n) is 2.36. The normalized spacial score (nSPS) is 20.1. The Morgan fingerprint density at radius 3 is 2.71 bits per heavy atom. The number of para-hydroxylation sites is 1. The molecular formula is C16H20N4O. The van der Waals surface area contributed by atoms with Crippen LogP contribution in [0.3, 0.4) is 0 Å². The monoisotopic (exact) mass is 284 g/mol. The number of aliphatic hydroxyl groups is 1. The Morgan fingerprint density at radius 1 is 1.29 bits per heavy atom. The van der Waals surface area contributed by atoms with Crippen molar-refractivity contribution in [3.8, 4) is 0 Å². The molecule has 1 aromatic heterocycles. The van der Waals surface area contributed by atoms with Gasteiger partial charge in [0, 0.05) is 43.1 Å². The smallest absolute Gasteiger partial charge is 0.231 e. The Kier molecular flexibility index (Phi) is 3.75. The lowest BCUT2D eigenvalue weighted by Gasteiger charge is -2.18. The second kappa shape index (κ2) is 5.69. The van der Waals surface area contributed by atoms with Gasteiger partial charge in [0.1, 0.15) is 5.82 Å². The van der Waals surface area contributed by atoms with Gasteiger partial charge >= 0.3 is 0 Å². The fraction of sp³-hybridized carbons (Fsp3) is 0.375. The summed E-state index contributed by atoms with van der Waals surface area (Å²) in [7, 11) is 1.96. The zero-order chi connectivity index (χ0) is 14.8. The molecule has 0 unspecified atom stereocenters. The minimum Gasteiger partial charge on any atom is -0.396 e. The molecule has 1 aromatic carbocycles. The molecule has 1 fully saturated rings. The van der Waals surface area contributed by atoms with Crippen molar-refractivity contribution in [2.45, 2.75) is 19.4 Å². The molecule has 0 spiro atoms. The third kappa shape index (κ3) is 3.13. The van der Waals surface area contributed by atoms with Crippen molar-refractivity contribution in [1.29, 1.82) is 0 Å². The molecule has 0 saturated heterocycles. The van der Waals surface area contributed by atoms with E-state index in [1.807, 2.05) is 55.3 Å². The molecule has 1 aliphatic rings. The molecule has 21 heavy (non-hydrogen) atoms. The molecule has 0 radical (unpaired) electrons. The van der Waals surface area contributed by atoms with Crippen LogP contribution in [0, 0.1) is 12.8 Å². The first kappa shape index (κ1) is 13.8. The summed E-state index contributed by atoms with van der Waals surface area (Å²) in [6.45, 7) is 2.20. The number of aryl methyl sites for hydroxylation is 1. The average Bonchev–Trinajstić information content (AvgIpc) is 3.25. The summed E-state index contributed by atoms with van der Waals surface area (Å²) in [6, 6.07) is 12.3. The van der Waals surface area contributed by atoms with Gasteiger partial charge in [-0.05, 0) is 25.5 Å². The lowest BCUT2D eigenvalue weighted by molar-refractivity contribution is 0.275. The van der Waals surface area contributed by atoms with Crippen molar-refractivity contribution in [3.05, 3.63) is 42.1 Å². The van der Waals surface area contributed by atoms with Crippen LogP contribution in [-0.4, -0.2) is 34.8 Å². The Hall–Kier alpha value is -2.14. The summed E-state index contributed by atoms with van der Waals surface area (Å²) in [6.07, 6.45) is 1.00. The molecular weight excluding hydrogens is 264 g/mol. The van der Waals surface area contributed by atoms with E-state index in [1.54, 1.807) is 0 Å². The summed E-state index contributed by atoms with van der Waals surface area (Å²) in [4.78, 5) is 11.1. The van der Waals surface area contributed by atoms with Gasteiger partial charge in [-0.3, -0.25) is 0 Å². The van der Waals surface area contributed by atoms with Gasteiger partial charge in [0.05, 0.1) is 0 Å². The summed E-state index contributed by atoms with van der Waals surface area (Å²) < 4.78 is 0. The number of anilines is 3. The molecule has 1 saturated carbocycles. The zero-order valence-corrected chi connectivity index (χ0v) is 12.3. The number of rotatable bonds is 5. The Balaban J connectivity index is 1.81. The van der Waals surface area contributed by atoms with Crippen LogP contribution >= 0.6 is 0 Å². The maximum absolute atomic E-state index is 9.12. The molecule has 0 aliphatic heterocycles. The molecule has 2 aromatic rings. The largest absolute Gasteiger partial charge is 0.396 e. The van der Waals surface area contributed by atoms with Crippen molar-refractivity contribution < 1.29 is 5.11 Å². The molecule has 2 atom stereocenters. The topological polar surface area (TPSA) is 61.3 Å². The second-order valence-electron chi connectivity index (χ2n) is 5.52. The number of nitrogens with zero attached hydrogens (tertiary/aromatic N) is 3. The van der Waals surface area contributed by atoms with Crippen molar-refractivity contribution in [3.63, 3.8) is 0 Å². The van der Waals surface area contributed by atoms with E-state index >= 15 is 0 Å². The summed E-state index contributed by atoms with van der Waals surface area (Å²) in [5.41, 5.74) is 1.97. The minimum atomic E-state index is 0.235.